The summed E-state index contributed by atoms with van der Waals surface area (Å²) in [5, 5.41) is 20.6. The number of piperidine rings is 1. The molecule has 3 aromatic heterocycles. The summed E-state index contributed by atoms with van der Waals surface area (Å²) in [4.78, 5) is 29.6. The number of halogens is 2. The van der Waals surface area contributed by atoms with Crippen LogP contribution in [0.1, 0.15) is 24.5 Å². The highest BCUT2D eigenvalue weighted by molar-refractivity contribution is 6.09. The second kappa shape index (κ2) is 15.1. The molecule has 0 saturated carbocycles. The summed E-state index contributed by atoms with van der Waals surface area (Å²) in [6, 6.07) is 10.7. The SMILES string of the molecule is CCOc1cc2ncc(C#N)c(Nc3ccc(Oc4cc5ncnn5cn4)c(C)c3)c2c(O[C@@H]2CCN(C)CC2(F)F)c1NC(=O)/C=C/CN(C)C. The minimum atomic E-state index is -3.23. The standard InChI is InChI=1S/C36H38F2N10O4/c1-6-50-27-15-25-32(35(34(27)45-30(49)8-7-12-46(3)4)52-28-11-13-47(5)19-36(28,37)38)33(23(17-39)18-40-25)44-24-9-10-26(22(2)14-24)51-31-16-29-41-20-43-48(29)21-42-31/h7-10,14-16,18,20-21,28H,6,11-13,19H2,1-5H3,(H,40,44)(H,45,49)/b8-7+/t28-/m1/s1. The number of alkyl halides is 2. The van der Waals surface area contributed by atoms with Gasteiger partial charge in [0.1, 0.15) is 35.9 Å². The topological polar surface area (TPSA) is 155 Å². The van der Waals surface area contributed by atoms with E-state index in [2.05, 4.69) is 36.8 Å². The van der Waals surface area contributed by atoms with Crippen LogP contribution < -0.4 is 24.8 Å². The molecule has 14 nitrogen and oxygen atoms in total. The van der Waals surface area contributed by atoms with Crippen molar-refractivity contribution in [3.63, 3.8) is 0 Å². The van der Waals surface area contributed by atoms with Crippen molar-refractivity contribution in [3.8, 4) is 29.2 Å². The number of likely N-dealkylation sites (tertiary alicyclic amines) is 1. The van der Waals surface area contributed by atoms with Crippen LogP contribution in [0.3, 0.4) is 0 Å². The number of hydrogen-bond donors (Lipinski definition) is 2. The molecule has 52 heavy (non-hydrogen) atoms. The van der Waals surface area contributed by atoms with Crippen LogP contribution in [0.5, 0.6) is 23.1 Å². The Bertz CT molecular complexity index is 2180. The highest BCUT2D eigenvalue weighted by Crippen LogP contribution is 2.48. The molecule has 1 aliphatic rings. The van der Waals surface area contributed by atoms with Crippen molar-refractivity contribution in [2.45, 2.75) is 32.3 Å². The van der Waals surface area contributed by atoms with Gasteiger partial charge in [0, 0.05) is 49.6 Å². The summed E-state index contributed by atoms with van der Waals surface area (Å²) in [7, 11) is 5.34. The van der Waals surface area contributed by atoms with Crippen LogP contribution in [0, 0.1) is 18.3 Å². The van der Waals surface area contributed by atoms with Gasteiger partial charge in [-0.05, 0) is 58.8 Å². The third-order valence-corrected chi connectivity index (χ3v) is 8.28. The van der Waals surface area contributed by atoms with Gasteiger partial charge >= 0.3 is 0 Å². The minimum Gasteiger partial charge on any atom is -0.491 e. The van der Waals surface area contributed by atoms with Gasteiger partial charge < -0.3 is 34.6 Å². The number of anilines is 3. The molecular formula is C36H38F2N10O4. The number of ether oxygens (including phenoxy) is 3. The lowest BCUT2D eigenvalue weighted by Gasteiger charge is -2.37. The molecule has 5 aromatic rings. The van der Waals surface area contributed by atoms with Crippen LogP contribution in [0.4, 0.5) is 25.8 Å². The number of nitrogens with zero attached hydrogens (tertiary/aromatic N) is 8. The lowest BCUT2D eigenvalue weighted by molar-refractivity contribution is -0.134. The van der Waals surface area contributed by atoms with Crippen molar-refractivity contribution >= 4 is 39.5 Å². The third-order valence-electron chi connectivity index (χ3n) is 8.28. The third kappa shape index (κ3) is 7.85. The first-order chi connectivity index (χ1) is 24.9. The zero-order valence-electron chi connectivity index (χ0n) is 29.4. The summed E-state index contributed by atoms with van der Waals surface area (Å²) in [6.45, 7) is 4.14. The fourth-order valence-electron chi connectivity index (χ4n) is 5.80. The molecule has 0 spiro atoms. The lowest BCUT2D eigenvalue weighted by Crippen LogP contribution is -2.52. The van der Waals surface area contributed by atoms with E-state index in [0.29, 0.717) is 41.6 Å². The van der Waals surface area contributed by atoms with E-state index >= 15 is 8.78 Å². The average Bonchev–Trinajstić information content (AvgIpc) is 3.56. The number of rotatable bonds is 12. The number of hydrogen-bond acceptors (Lipinski definition) is 12. The summed E-state index contributed by atoms with van der Waals surface area (Å²) in [5.74, 6) is -2.84. The Labute approximate surface area is 298 Å². The molecule has 0 unspecified atom stereocenters. The first-order valence-electron chi connectivity index (χ1n) is 16.5. The van der Waals surface area contributed by atoms with E-state index in [0.717, 1.165) is 5.56 Å². The number of amides is 1. The van der Waals surface area contributed by atoms with Gasteiger partial charge in [0.2, 0.25) is 11.8 Å². The van der Waals surface area contributed by atoms with E-state index in [1.807, 2.05) is 25.9 Å². The van der Waals surface area contributed by atoms with Crippen LogP contribution in [0.25, 0.3) is 16.6 Å². The predicted octanol–water partition coefficient (Wildman–Crippen LogP) is 5.56. The lowest BCUT2D eigenvalue weighted by atomic mass is 10.0. The van der Waals surface area contributed by atoms with E-state index < -0.39 is 24.5 Å². The Morgan fingerprint density at radius 2 is 2.00 bits per heavy atom. The summed E-state index contributed by atoms with van der Waals surface area (Å²) in [5.41, 5.74) is 2.54. The molecule has 1 aliphatic heterocycles. The van der Waals surface area contributed by atoms with Gasteiger partial charge in [-0.2, -0.15) is 10.4 Å². The second-order valence-electron chi connectivity index (χ2n) is 12.6. The van der Waals surface area contributed by atoms with Crippen LogP contribution in [0.15, 0.2) is 61.3 Å². The number of likely N-dealkylation sites (N-methyl/N-ethyl adjacent to an activating group) is 1. The van der Waals surface area contributed by atoms with Gasteiger partial charge in [-0.25, -0.2) is 23.3 Å². The van der Waals surface area contributed by atoms with Gasteiger partial charge in [-0.3, -0.25) is 9.78 Å². The Morgan fingerprint density at radius 3 is 2.73 bits per heavy atom. The first-order valence-corrected chi connectivity index (χ1v) is 16.5. The maximum atomic E-state index is 15.6. The normalized spacial score (nSPS) is 15.9. The monoisotopic (exact) mass is 712 g/mol. The summed E-state index contributed by atoms with van der Waals surface area (Å²) in [6.07, 6.45) is 5.77. The highest BCUT2D eigenvalue weighted by Gasteiger charge is 2.46. The molecule has 1 fully saturated rings. The molecule has 6 rings (SSSR count). The van der Waals surface area contributed by atoms with Gasteiger partial charge in [0.25, 0.3) is 5.92 Å². The molecule has 1 saturated heterocycles. The van der Waals surface area contributed by atoms with Crippen LogP contribution >= 0.6 is 0 Å². The van der Waals surface area contributed by atoms with E-state index in [9.17, 15) is 10.1 Å². The number of aryl methyl sites for hydroxylation is 1. The van der Waals surface area contributed by atoms with E-state index in [1.165, 1.54) is 34.3 Å². The van der Waals surface area contributed by atoms with Crippen molar-refractivity contribution in [3.05, 3.63) is 72.5 Å². The van der Waals surface area contributed by atoms with Crippen molar-refractivity contribution in [1.82, 2.24) is 34.4 Å². The molecular weight excluding hydrogens is 674 g/mol. The fraction of sp³-hybridized carbons (Fsp3) is 0.333. The Kier molecular flexibility index (Phi) is 10.4. The quantitative estimate of drug-likeness (QED) is 0.156. The summed E-state index contributed by atoms with van der Waals surface area (Å²) >= 11 is 0. The van der Waals surface area contributed by atoms with Gasteiger partial charge in [-0.15, -0.1) is 0 Å². The largest absolute Gasteiger partial charge is 0.491 e. The Morgan fingerprint density at radius 1 is 1.17 bits per heavy atom. The maximum Gasteiger partial charge on any atom is 0.296 e. The number of nitrogens with one attached hydrogen (secondary N) is 2. The zero-order valence-corrected chi connectivity index (χ0v) is 29.4. The molecule has 0 aliphatic carbocycles. The highest BCUT2D eigenvalue weighted by atomic mass is 19.3. The second-order valence-corrected chi connectivity index (χ2v) is 12.6. The Hall–Kier alpha value is -5.92. The van der Waals surface area contributed by atoms with Gasteiger partial charge in [-0.1, -0.05) is 6.08 Å². The predicted molar refractivity (Wildman–Crippen MR) is 191 cm³/mol. The van der Waals surface area contributed by atoms with Crippen LogP contribution in [0.2, 0.25) is 0 Å². The molecule has 1 amide bonds. The van der Waals surface area contributed by atoms with Crippen LogP contribution in [-0.2, 0) is 4.79 Å². The number of pyridine rings is 1. The number of fused-ring (bicyclic) bond motifs is 2. The minimum absolute atomic E-state index is 0.00759. The van der Waals surface area contributed by atoms with Crippen molar-refractivity contribution in [2.75, 3.05) is 58.0 Å². The van der Waals surface area contributed by atoms with Crippen LogP contribution in [-0.4, -0.2) is 99.7 Å². The fourth-order valence-corrected chi connectivity index (χ4v) is 5.80. The molecule has 4 heterocycles. The van der Waals surface area contributed by atoms with Crippen molar-refractivity contribution in [2.24, 2.45) is 0 Å². The average molecular weight is 713 g/mol. The van der Waals surface area contributed by atoms with E-state index in [1.54, 1.807) is 50.4 Å². The number of nitriles is 1. The maximum absolute atomic E-state index is 15.6. The van der Waals surface area contributed by atoms with Crippen molar-refractivity contribution < 1.29 is 27.8 Å². The van der Waals surface area contributed by atoms with Crippen molar-refractivity contribution in [1.29, 1.82) is 5.26 Å². The summed E-state index contributed by atoms with van der Waals surface area (Å²) < 4.78 is 50.9. The van der Waals surface area contributed by atoms with E-state index in [4.69, 9.17) is 14.2 Å². The molecule has 2 aromatic carbocycles. The zero-order chi connectivity index (χ0) is 37.0. The molecule has 1 atom stereocenters. The molecule has 16 heteroatoms. The van der Waals surface area contributed by atoms with Gasteiger partial charge in [0.05, 0.1) is 35.3 Å². The number of carbonyl (C=O) groups is 1. The Balaban J connectivity index is 1.45. The number of benzene rings is 2. The number of aromatic nitrogens is 5. The van der Waals surface area contributed by atoms with E-state index in [-0.39, 0.29) is 46.9 Å². The molecule has 0 bridgehead atoms. The molecule has 0 radical (unpaired) electrons. The molecule has 270 valence electrons. The molecule has 2 N–H and O–H groups in total. The first kappa shape index (κ1) is 35.9. The van der Waals surface area contributed by atoms with Gasteiger partial charge in [0.15, 0.2) is 17.5 Å². The smallest absolute Gasteiger partial charge is 0.296 e. The number of carbonyl (C=O) groups excluding carboxylic acids is 1.